The smallest absolute Gasteiger partial charge is 0.242 e. The topological polar surface area (TPSA) is 170 Å². The van der Waals surface area contributed by atoms with Crippen molar-refractivity contribution in [3.8, 4) is 0 Å². The van der Waals surface area contributed by atoms with Gasteiger partial charge in [0, 0.05) is 52.9 Å². The van der Waals surface area contributed by atoms with Gasteiger partial charge in [0.05, 0.1) is 36.6 Å². The van der Waals surface area contributed by atoms with Crippen molar-refractivity contribution in [1.82, 2.24) is 30.7 Å². The number of aliphatic hydroxyl groups is 1. The molecule has 1 fully saturated rings. The summed E-state index contributed by atoms with van der Waals surface area (Å²) < 4.78 is 12.1. The van der Waals surface area contributed by atoms with E-state index < -0.39 is 35.7 Å². The van der Waals surface area contributed by atoms with Crippen LogP contribution in [0.5, 0.6) is 0 Å². The molecule has 4 amide bonds. The molecule has 4 N–H and O–H groups in total. The summed E-state index contributed by atoms with van der Waals surface area (Å²) in [6, 6.07) is 7.51. The Labute approximate surface area is 348 Å². The third-order valence-electron chi connectivity index (χ3n) is 12.1. The van der Waals surface area contributed by atoms with Gasteiger partial charge in [0.2, 0.25) is 23.6 Å². The summed E-state index contributed by atoms with van der Waals surface area (Å²) >= 11 is 0. The molecule has 1 aliphatic rings. The Morgan fingerprint density at radius 1 is 0.983 bits per heavy atom. The molecule has 58 heavy (non-hydrogen) atoms. The minimum atomic E-state index is -1.19. The first-order valence-electron chi connectivity index (χ1n) is 21.2. The minimum absolute atomic E-state index is 0.0244. The van der Waals surface area contributed by atoms with Gasteiger partial charge in [-0.2, -0.15) is 0 Å². The zero-order valence-electron chi connectivity index (χ0n) is 37.5. The Hall–Kier alpha value is -3.43. The fourth-order valence-corrected chi connectivity index (χ4v) is 8.55. The summed E-state index contributed by atoms with van der Waals surface area (Å²) in [5.74, 6) is -1.88. The first-order chi connectivity index (χ1) is 27.4. The zero-order chi connectivity index (χ0) is 43.7. The van der Waals surface area contributed by atoms with Gasteiger partial charge in [-0.15, -0.1) is 0 Å². The van der Waals surface area contributed by atoms with E-state index in [0.29, 0.717) is 19.4 Å². The molecule has 14 nitrogen and oxygen atoms in total. The number of likely N-dealkylation sites (N-methyl/N-ethyl adjacent to an activating group) is 2. The van der Waals surface area contributed by atoms with Crippen LogP contribution in [0, 0.1) is 23.7 Å². The average Bonchev–Trinajstić information content (AvgIpc) is 3.66. The lowest BCUT2D eigenvalue weighted by Crippen LogP contribution is -2.65. The molecule has 1 aliphatic heterocycles. The van der Waals surface area contributed by atoms with Crippen molar-refractivity contribution in [1.29, 1.82) is 0 Å². The first-order valence-corrected chi connectivity index (χ1v) is 21.2. The maximum Gasteiger partial charge on any atom is 0.242 e. The fraction of sp³-hybridized carbons (Fsp3) is 0.750. The SMILES string of the molecule is CC[C@H](C)[C@@H]([C@@H](CC(=O)N1CCC[C@H]1[C@H](OC)[C@@H](C)C(=O)N[C@@H](Cc1ccccc1)C(=O)NCCCO)OC)N(C)C[C@](C=O)(NC(=O)[C@H](C(C)C)N(C)C)C(C)C. The molecule has 0 unspecified atom stereocenters. The minimum Gasteiger partial charge on any atom is -0.396 e. The average molecular weight is 817 g/mol. The van der Waals surface area contributed by atoms with E-state index in [-0.39, 0.29) is 86.0 Å². The van der Waals surface area contributed by atoms with Gasteiger partial charge in [-0.1, -0.05) is 85.2 Å². The van der Waals surface area contributed by atoms with Gasteiger partial charge in [-0.25, -0.2) is 0 Å². The van der Waals surface area contributed by atoms with Crippen molar-refractivity contribution in [3.05, 3.63) is 35.9 Å². The molecule has 1 heterocycles. The molecule has 1 saturated heterocycles. The number of aliphatic hydroxyl groups excluding tert-OH is 1. The van der Waals surface area contributed by atoms with Crippen molar-refractivity contribution in [3.63, 3.8) is 0 Å². The molecule has 9 atom stereocenters. The summed E-state index contributed by atoms with van der Waals surface area (Å²) in [4.78, 5) is 73.8. The van der Waals surface area contributed by atoms with Crippen LogP contribution < -0.4 is 16.0 Å². The number of carbonyl (C=O) groups is 5. The third kappa shape index (κ3) is 13.8. The first kappa shape index (κ1) is 50.7. The number of methoxy groups -OCH3 is 2. The Morgan fingerprint density at radius 2 is 1.64 bits per heavy atom. The van der Waals surface area contributed by atoms with Gasteiger partial charge in [0.15, 0.2) is 0 Å². The maximum atomic E-state index is 14.4. The predicted octanol–water partition coefficient (Wildman–Crippen LogP) is 2.90. The summed E-state index contributed by atoms with van der Waals surface area (Å²) in [7, 11) is 8.77. The molecular formula is C44H76N6O8. The number of nitrogens with zero attached hydrogens (tertiary/aromatic N) is 3. The van der Waals surface area contributed by atoms with E-state index in [2.05, 4.69) is 34.7 Å². The number of hydrogen-bond acceptors (Lipinski definition) is 10. The molecular weight excluding hydrogens is 741 g/mol. The van der Waals surface area contributed by atoms with Crippen molar-refractivity contribution < 1.29 is 38.6 Å². The number of benzene rings is 1. The van der Waals surface area contributed by atoms with E-state index in [1.165, 1.54) is 0 Å². The molecule has 0 spiro atoms. The van der Waals surface area contributed by atoms with Crippen LogP contribution in [0.1, 0.15) is 86.1 Å². The summed E-state index contributed by atoms with van der Waals surface area (Å²) in [6.07, 6.45) is 2.58. The highest BCUT2D eigenvalue weighted by Gasteiger charge is 2.44. The van der Waals surface area contributed by atoms with E-state index >= 15 is 0 Å². The van der Waals surface area contributed by atoms with Crippen LogP contribution in [0.15, 0.2) is 30.3 Å². The second-order valence-corrected chi connectivity index (χ2v) is 17.1. The molecule has 0 saturated carbocycles. The van der Waals surface area contributed by atoms with E-state index in [9.17, 15) is 29.1 Å². The van der Waals surface area contributed by atoms with Gasteiger partial charge in [-0.05, 0) is 63.7 Å². The molecule has 0 bridgehead atoms. The number of carbonyl (C=O) groups excluding carboxylic acids is 5. The molecule has 14 heteroatoms. The van der Waals surface area contributed by atoms with Crippen LogP contribution in [-0.2, 0) is 39.9 Å². The van der Waals surface area contributed by atoms with Crippen molar-refractivity contribution in [2.75, 3.05) is 61.6 Å². The van der Waals surface area contributed by atoms with Crippen LogP contribution >= 0.6 is 0 Å². The van der Waals surface area contributed by atoms with Crippen LogP contribution in [0.2, 0.25) is 0 Å². The number of ether oxygens (including phenoxy) is 2. The highest BCUT2D eigenvalue weighted by Crippen LogP contribution is 2.30. The van der Waals surface area contributed by atoms with Crippen molar-refractivity contribution in [2.24, 2.45) is 23.7 Å². The van der Waals surface area contributed by atoms with Gasteiger partial charge in [0.25, 0.3) is 0 Å². The Kier molecular flexibility index (Phi) is 21.5. The van der Waals surface area contributed by atoms with Gasteiger partial charge in [0.1, 0.15) is 17.9 Å². The van der Waals surface area contributed by atoms with Gasteiger partial charge in [-0.3, -0.25) is 29.0 Å². The lowest BCUT2D eigenvalue weighted by Gasteiger charge is -2.44. The van der Waals surface area contributed by atoms with Crippen molar-refractivity contribution >= 4 is 29.9 Å². The number of hydrogen-bond donors (Lipinski definition) is 4. The lowest BCUT2D eigenvalue weighted by molar-refractivity contribution is -0.143. The quantitative estimate of drug-likeness (QED) is 0.0806. The highest BCUT2D eigenvalue weighted by atomic mass is 16.5. The van der Waals surface area contributed by atoms with Gasteiger partial charge >= 0.3 is 0 Å². The van der Waals surface area contributed by atoms with Crippen LogP contribution in [0.3, 0.4) is 0 Å². The largest absolute Gasteiger partial charge is 0.396 e. The van der Waals surface area contributed by atoms with Crippen molar-refractivity contribution in [2.45, 2.75) is 129 Å². The lowest BCUT2D eigenvalue weighted by atomic mass is 9.84. The third-order valence-corrected chi connectivity index (χ3v) is 12.1. The molecule has 1 aromatic carbocycles. The summed E-state index contributed by atoms with van der Waals surface area (Å²) in [5.41, 5.74) is -0.302. The number of rotatable bonds is 26. The zero-order valence-corrected chi connectivity index (χ0v) is 37.5. The van der Waals surface area contributed by atoms with Crippen LogP contribution in [0.4, 0.5) is 0 Å². The number of amides is 4. The van der Waals surface area contributed by atoms with Crippen LogP contribution in [0.25, 0.3) is 0 Å². The normalized spacial score (nSPS) is 19.3. The van der Waals surface area contributed by atoms with E-state index in [1.54, 1.807) is 26.0 Å². The number of nitrogens with one attached hydrogen (secondary N) is 3. The Bertz CT molecular complexity index is 1420. The molecule has 0 radical (unpaired) electrons. The second-order valence-electron chi connectivity index (χ2n) is 17.1. The summed E-state index contributed by atoms with van der Waals surface area (Å²) in [5, 5.41) is 18.1. The molecule has 330 valence electrons. The summed E-state index contributed by atoms with van der Waals surface area (Å²) in [6.45, 7) is 14.7. The predicted molar refractivity (Wildman–Crippen MR) is 227 cm³/mol. The fourth-order valence-electron chi connectivity index (χ4n) is 8.55. The highest BCUT2D eigenvalue weighted by molar-refractivity contribution is 5.89. The van der Waals surface area contributed by atoms with E-state index in [4.69, 9.17) is 9.47 Å². The van der Waals surface area contributed by atoms with Crippen LogP contribution in [-0.4, -0.2) is 153 Å². The molecule has 2 rings (SSSR count). The Balaban J connectivity index is 2.32. The maximum absolute atomic E-state index is 14.4. The van der Waals surface area contributed by atoms with E-state index in [1.807, 2.05) is 84.1 Å². The van der Waals surface area contributed by atoms with E-state index in [0.717, 1.165) is 24.7 Å². The molecule has 1 aromatic rings. The standard InChI is InChI=1S/C44H76N6O8/c1-13-31(6)39(49(10)27-44(28-52,30(4)5)47-43(56)38(29(2)3)48(8)9)36(57-11)26-37(53)50-23-17-21-35(50)40(58-12)32(7)41(54)46-34(42(55)45-22-18-24-51)25-33-19-15-14-16-20-33/h14-16,19-20,28-32,34-36,38-40,51H,13,17-18,21-27H2,1-12H3,(H,45,55)(H,46,54)(H,47,56)/t31-,32+,34-,35-,36+,38-,39-,40+,44+/m0/s1. The monoisotopic (exact) mass is 817 g/mol. The second kappa shape index (κ2) is 24.6. The Morgan fingerprint density at radius 3 is 2.16 bits per heavy atom. The molecule has 0 aromatic heterocycles. The number of aldehydes is 1. The number of likely N-dealkylation sites (tertiary alicyclic amines) is 1. The van der Waals surface area contributed by atoms with Gasteiger partial charge < -0.3 is 40.2 Å². The molecule has 0 aliphatic carbocycles.